The lowest BCUT2D eigenvalue weighted by Crippen LogP contribution is -2.34. The number of nitrogens with zero attached hydrogens (tertiary/aromatic N) is 1. The summed E-state index contributed by atoms with van der Waals surface area (Å²) in [6.07, 6.45) is 5.06. The number of benzene rings is 2. The third kappa shape index (κ3) is 3.58. The number of amides is 1. The molecule has 1 amide bonds. The van der Waals surface area contributed by atoms with Gasteiger partial charge in [-0.25, -0.2) is 4.98 Å². The minimum Gasteiger partial charge on any atom is -0.346 e. The molecule has 2 N–H and O–H groups in total. The van der Waals surface area contributed by atoms with Crippen LogP contribution in [0.25, 0.3) is 11.0 Å². The molecular weight excluding hydrogens is 310 g/mol. The Morgan fingerprint density at radius 2 is 1.80 bits per heavy atom. The zero-order valence-corrected chi connectivity index (χ0v) is 14.2. The first-order valence-electron chi connectivity index (χ1n) is 9.08. The molecule has 0 aliphatic heterocycles. The largest absolute Gasteiger partial charge is 0.346 e. The summed E-state index contributed by atoms with van der Waals surface area (Å²) in [5.41, 5.74) is 3.14. The van der Waals surface area contributed by atoms with Gasteiger partial charge in [-0.2, -0.15) is 0 Å². The standard InChI is InChI=1S/C21H23N3O/c25-21(16-10-4-5-11-16)24-19(14-15-8-2-1-3-9-15)20-22-17-12-6-7-13-18(17)23-20/h1-3,6-9,12-13,16,19H,4-5,10-11,14H2,(H,22,23)(H,24,25). The van der Waals surface area contributed by atoms with E-state index >= 15 is 0 Å². The minimum atomic E-state index is -0.136. The first-order chi connectivity index (χ1) is 12.3. The Morgan fingerprint density at radius 3 is 2.56 bits per heavy atom. The van der Waals surface area contributed by atoms with Crippen LogP contribution in [-0.2, 0) is 11.2 Å². The zero-order valence-electron chi connectivity index (χ0n) is 14.2. The highest BCUT2D eigenvalue weighted by Crippen LogP contribution is 2.26. The lowest BCUT2D eigenvalue weighted by Gasteiger charge is -2.19. The smallest absolute Gasteiger partial charge is 0.223 e. The fourth-order valence-electron chi connectivity index (χ4n) is 3.68. The van der Waals surface area contributed by atoms with Gasteiger partial charge in [-0.3, -0.25) is 4.79 Å². The number of nitrogens with one attached hydrogen (secondary N) is 2. The lowest BCUT2D eigenvalue weighted by atomic mass is 10.0. The maximum absolute atomic E-state index is 12.7. The Bertz CT molecular complexity index is 817. The molecular formula is C21H23N3O. The predicted molar refractivity (Wildman–Crippen MR) is 99.1 cm³/mol. The molecule has 0 bridgehead atoms. The van der Waals surface area contributed by atoms with Crippen molar-refractivity contribution in [2.45, 2.75) is 38.1 Å². The highest BCUT2D eigenvalue weighted by atomic mass is 16.1. The molecule has 0 radical (unpaired) electrons. The summed E-state index contributed by atoms with van der Waals surface area (Å²) < 4.78 is 0. The van der Waals surface area contributed by atoms with E-state index in [1.54, 1.807) is 0 Å². The fraction of sp³-hybridized carbons (Fsp3) is 0.333. The highest BCUT2D eigenvalue weighted by molar-refractivity contribution is 5.80. The van der Waals surface area contributed by atoms with Crippen LogP contribution in [0.2, 0.25) is 0 Å². The number of rotatable bonds is 5. The van der Waals surface area contributed by atoms with Crippen molar-refractivity contribution in [2.75, 3.05) is 0 Å². The number of carbonyl (C=O) groups excluding carboxylic acids is 1. The summed E-state index contributed by atoms with van der Waals surface area (Å²) in [6, 6.07) is 18.1. The van der Waals surface area contributed by atoms with Gasteiger partial charge in [0.05, 0.1) is 17.1 Å². The van der Waals surface area contributed by atoms with Gasteiger partial charge < -0.3 is 10.3 Å². The van der Waals surface area contributed by atoms with Crippen molar-refractivity contribution in [3.05, 3.63) is 66.0 Å². The van der Waals surface area contributed by atoms with Crippen LogP contribution in [0.5, 0.6) is 0 Å². The van der Waals surface area contributed by atoms with E-state index in [0.29, 0.717) is 0 Å². The summed E-state index contributed by atoms with van der Waals surface area (Å²) >= 11 is 0. The van der Waals surface area contributed by atoms with Crippen molar-refractivity contribution in [3.63, 3.8) is 0 Å². The van der Waals surface area contributed by atoms with Crippen LogP contribution in [0.15, 0.2) is 54.6 Å². The number of para-hydroxylation sites is 2. The second-order valence-corrected chi connectivity index (χ2v) is 6.87. The van der Waals surface area contributed by atoms with Gasteiger partial charge in [0.25, 0.3) is 0 Å². The van der Waals surface area contributed by atoms with Crippen molar-refractivity contribution in [2.24, 2.45) is 5.92 Å². The Hall–Kier alpha value is -2.62. The quantitative estimate of drug-likeness (QED) is 0.737. The average Bonchev–Trinajstić information content (AvgIpc) is 3.31. The molecule has 1 fully saturated rings. The summed E-state index contributed by atoms with van der Waals surface area (Å²) in [5.74, 6) is 1.15. The molecule has 0 saturated heterocycles. The van der Waals surface area contributed by atoms with E-state index in [1.807, 2.05) is 42.5 Å². The van der Waals surface area contributed by atoms with Crippen LogP contribution in [0.3, 0.4) is 0 Å². The fourth-order valence-corrected chi connectivity index (χ4v) is 3.68. The highest BCUT2D eigenvalue weighted by Gasteiger charge is 2.26. The molecule has 0 spiro atoms. The Kier molecular flexibility index (Phi) is 4.51. The number of hydrogen-bond donors (Lipinski definition) is 2. The Balaban J connectivity index is 1.61. The molecule has 1 aliphatic carbocycles. The summed E-state index contributed by atoms with van der Waals surface area (Å²) in [6.45, 7) is 0. The lowest BCUT2D eigenvalue weighted by molar-refractivity contribution is -0.125. The van der Waals surface area contributed by atoms with Crippen LogP contribution in [0.1, 0.15) is 43.1 Å². The summed E-state index contributed by atoms with van der Waals surface area (Å²) in [5, 5.41) is 3.25. The molecule has 1 aliphatic rings. The van der Waals surface area contributed by atoms with Crippen LogP contribution in [0.4, 0.5) is 0 Å². The van der Waals surface area contributed by atoms with Crippen LogP contribution in [-0.4, -0.2) is 15.9 Å². The Morgan fingerprint density at radius 1 is 1.08 bits per heavy atom. The summed E-state index contributed by atoms with van der Waals surface area (Å²) in [4.78, 5) is 20.8. The van der Waals surface area contributed by atoms with Gasteiger partial charge in [0.15, 0.2) is 0 Å². The van der Waals surface area contributed by atoms with E-state index in [9.17, 15) is 4.79 Å². The van der Waals surface area contributed by atoms with Crippen molar-refractivity contribution in [1.29, 1.82) is 0 Å². The molecule has 1 aromatic heterocycles. The topological polar surface area (TPSA) is 57.8 Å². The number of imidazole rings is 1. The maximum atomic E-state index is 12.7. The average molecular weight is 333 g/mol. The third-order valence-corrected chi connectivity index (χ3v) is 5.06. The van der Waals surface area contributed by atoms with Crippen molar-refractivity contribution >= 4 is 16.9 Å². The molecule has 128 valence electrons. The van der Waals surface area contributed by atoms with Gasteiger partial charge in [0, 0.05) is 5.92 Å². The first-order valence-corrected chi connectivity index (χ1v) is 9.08. The molecule has 2 aromatic carbocycles. The van der Waals surface area contributed by atoms with Gasteiger partial charge >= 0.3 is 0 Å². The van der Waals surface area contributed by atoms with E-state index in [4.69, 9.17) is 4.98 Å². The van der Waals surface area contributed by atoms with Gasteiger partial charge in [0.2, 0.25) is 5.91 Å². The number of aromatic nitrogens is 2. The van der Waals surface area contributed by atoms with E-state index in [1.165, 1.54) is 5.56 Å². The zero-order chi connectivity index (χ0) is 17.1. The predicted octanol–water partition coefficient (Wildman–Crippen LogP) is 4.15. The van der Waals surface area contributed by atoms with Gasteiger partial charge in [-0.1, -0.05) is 55.3 Å². The van der Waals surface area contributed by atoms with E-state index in [2.05, 4.69) is 22.4 Å². The molecule has 25 heavy (non-hydrogen) atoms. The normalized spacial score (nSPS) is 16.2. The SMILES string of the molecule is O=C(NC(Cc1ccccc1)c1nc2ccccc2[nH]1)C1CCCC1. The second-order valence-electron chi connectivity index (χ2n) is 6.87. The third-order valence-electron chi connectivity index (χ3n) is 5.06. The number of fused-ring (bicyclic) bond motifs is 1. The molecule has 1 unspecified atom stereocenters. The molecule has 1 atom stereocenters. The minimum absolute atomic E-state index is 0.136. The molecule has 4 heteroatoms. The molecule has 4 rings (SSSR count). The second kappa shape index (κ2) is 7.09. The maximum Gasteiger partial charge on any atom is 0.223 e. The monoisotopic (exact) mass is 333 g/mol. The summed E-state index contributed by atoms with van der Waals surface area (Å²) in [7, 11) is 0. The van der Waals surface area contributed by atoms with E-state index in [0.717, 1.165) is 49.0 Å². The van der Waals surface area contributed by atoms with Crippen molar-refractivity contribution < 1.29 is 4.79 Å². The Labute approximate surface area is 147 Å². The van der Waals surface area contributed by atoms with Crippen LogP contribution in [0, 0.1) is 5.92 Å². The molecule has 1 heterocycles. The number of aromatic amines is 1. The molecule has 4 nitrogen and oxygen atoms in total. The number of H-pyrrole nitrogens is 1. The van der Waals surface area contributed by atoms with Gasteiger partial charge in [-0.05, 0) is 37.0 Å². The first kappa shape index (κ1) is 15.9. The van der Waals surface area contributed by atoms with E-state index in [-0.39, 0.29) is 17.9 Å². The van der Waals surface area contributed by atoms with Crippen LogP contribution >= 0.6 is 0 Å². The van der Waals surface area contributed by atoms with Crippen molar-refractivity contribution in [3.8, 4) is 0 Å². The number of hydrogen-bond acceptors (Lipinski definition) is 2. The van der Waals surface area contributed by atoms with E-state index < -0.39 is 0 Å². The van der Waals surface area contributed by atoms with Crippen LogP contribution < -0.4 is 5.32 Å². The van der Waals surface area contributed by atoms with Crippen molar-refractivity contribution in [1.82, 2.24) is 15.3 Å². The number of carbonyl (C=O) groups is 1. The van der Waals surface area contributed by atoms with Gasteiger partial charge in [-0.15, -0.1) is 0 Å². The van der Waals surface area contributed by atoms with Gasteiger partial charge in [0.1, 0.15) is 5.82 Å². The molecule has 1 saturated carbocycles. The molecule has 3 aromatic rings.